The van der Waals surface area contributed by atoms with Crippen LogP contribution in [0.2, 0.25) is 0 Å². The van der Waals surface area contributed by atoms with E-state index in [9.17, 15) is 0 Å². The minimum absolute atomic E-state index is 1.50. The summed E-state index contributed by atoms with van der Waals surface area (Å²) in [5, 5.41) is 13.6. The second-order valence-corrected chi connectivity index (χ2v) is 2.88. The van der Waals surface area contributed by atoms with Crippen LogP contribution in [0.3, 0.4) is 0 Å². The molecule has 0 aromatic rings. The lowest BCUT2D eigenvalue weighted by Crippen LogP contribution is -1.86. The van der Waals surface area contributed by atoms with Gasteiger partial charge in [-0.05, 0) is 0 Å². The first kappa shape index (κ1) is 11.3. The van der Waals surface area contributed by atoms with Gasteiger partial charge in [-0.1, -0.05) is 0 Å². The Morgan fingerprint density at radius 1 is 1.56 bits per heavy atom. The van der Waals surface area contributed by atoms with Crippen molar-refractivity contribution in [3.05, 3.63) is 10.1 Å². The van der Waals surface area contributed by atoms with E-state index in [1.807, 2.05) is 0 Å². The van der Waals surface area contributed by atoms with Gasteiger partial charge in [0.2, 0.25) is 0 Å². The maximum atomic E-state index is 9.11. The molecule has 0 aromatic heterocycles. The number of hydrogen-bond donors (Lipinski definition) is 3. The fourth-order valence-corrected chi connectivity index (χ4v) is 0. The summed E-state index contributed by atoms with van der Waals surface area (Å²) in [6.07, 6.45) is 0. The molecule has 0 amide bonds. The lowest BCUT2D eigenvalue weighted by Gasteiger charge is -1.73. The summed E-state index contributed by atoms with van der Waals surface area (Å²) in [5.74, 6) is 0. The number of rotatable bonds is 0. The maximum Gasteiger partial charge on any atom is 0.291 e. The average molecular weight is 177 g/mol. The van der Waals surface area contributed by atoms with Crippen molar-refractivity contribution in [2.45, 2.75) is 0 Å². The molecule has 0 rings (SSSR count). The smallest absolute Gasteiger partial charge is 0.291 e. The van der Waals surface area contributed by atoms with E-state index in [1.165, 1.54) is 0 Å². The van der Waals surface area contributed by atoms with Gasteiger partial charge in [0, 0.05) is 11.2 Å². The zero-order chi connectivity index (χ0) is 8.08. The molecule has 0 aliphatic rings. The molecule has 0 atom stereocenters. The summed E-state index contributed by atoms with van der Waals surface area (Å²) < 4.78 is 24.0. The molecule has 9 heteroatoms. The third-order valence-corrected chi connectivity index (χ3v) is 0. The second-order valence-electron chi connectivity index (χ2n) is 0.686. The molecule has 0 saturated heterocycles. The molecule has 9 heavy (non-hydrogen) atoms. The van der Waals surface area contributed by atoms with Crippen LogP contribution >= 0.6 is 0 Å². The Labute approximate surface area is 54.7 Å². The van der Waals surface area contributed by atoms with Crippen LogP contribution in [0.5, 0.6) is 0 Å². The molecule has 0 aromatic carbocycles. The predicted octanol–water partition coefficient (Wildman–Crippen LogP) is -0.669. The summed E-state index contributed by atoms with van der Waals surface area (Å²) in [6.45, 7) is 0. The van der Waals surface area contributed by atoms with Crippen LogP contribution in [0.25, 0.3) is 0 Å². The van der Waals surface area contributed by atoms with Gasteiger partial charge < -0.3 is 5.21 Å². The molecule has 3 N–H and O–H groups in total. The van der Waals surface area contributed by atoms with Gasteiger partial charge in [-0.3, -0.25) is 9.11 Å². The summed E-state index contributed by atoms with van der Waals surface area (Å²) in [4.78, 5) is 8.36. The van der Waals surface area contributed by atoms with Gasteiger partial charge in [-0.25, -0.2) is 0 Å². The summed E-state index contributed by atoms with van der Waals surface area (Å²) in [6, 6.07) is 0. The van der Waals surface area contributed by atoms with Gasteiger partial charge >= 0.3 is 0 Å². The minimum atomic E-state index is -3.83. The lowest BCUT2D eigenvalue weighted by molar-refractivity contribution is -0.742. The quantitative estimate of drug-likeness (QED) is 0.331. The number of hydrogen-bond acceptors (Lipinski definition) is 4. The van der Waals surface area contributed by atoms with Crippen LogP contribution < -0.4 is 0 Å². The van der Waals surface area contributed by atoms with E-state index in [0.29, 0.717) is 0 Å². The standard InChI is InChI=1S/HNO3.H2O3S2/c2-1(3)4;1-5(2,3)4/h(H,2,3,4);(H2,1,2,3,4). The van der Waals surface area contributed by atoms with Crippen molar-refractivity contribution in [3.63, 3.8) is 0 Å². The topological polar surface area (TPSA) is 121 Å². The van der Waals surface area contributed by atoms with Crippen molar-refractivity contribution >= 4 is 20.2 Å². The number of nitrogens with zero attached hydrogens (tertiary/aromatic N) is 1. The molecule has 0 unspecified atom stereocenters. The van der Waals surface area contributed by atoms with Crippen molar-refractivity contribution < 1.29 is 23.6 Å². The van der Waals surface area contributed by atoms with E-state index in [2.05, 4.69) is 11.2 Å². The molecule has 0 fully saturated rings. The van der Waals surface area contributed by atoms with Crippen molar-refractivity contribution in [1.29, 1.82) is 0 Å². The summed E-state index contributed by atoms with van der Waals surface area (Å²) in [7, 11) is -3.83. The highest BCUT2D eigenvalue weighted by atomic mass is 32.9. The Morgan fingerprint density at radius 2 is 1.56 bits per heavy atom. The normalized spacial score (nSPS) is 9.11. The van der Waals surface area contributed by atoms with E-state index in [1.54, 1.807) is 0 Å². The van der Waals surface area contributed by atoms with E-state index in [-0.39, 0.29) is 0 Å². The highest BCUT2D eigenvalue weighted by molar-refractivity contribution is 8.26. The van der Waals surface area contributed by atoms with Gasteiger partial charge in [0.1, 0.15) is 0 Å². The lowest BCUT2D eigenvalue weighted by atomic mass is 13.1. The Morgan fingerprint density at radius 3 is 1.56 bits per heavy atom. The van der Waals surface area contributed by atoms with Gasteiger partial charge in [0.15, 0.2) is 0 Å². The molecule has 7 nitrogen and oxygen atoms in total. The van der Waals surface area contributed by atoms with Crippen LogP contribution in [0.4, 0.5) is 0 Å². The van der Waals surface area contributed by atoms with Gasteiger partial charge in [0.05, 0.1) is 0 Å². The van der Waals surface area contributed by atoms with Crippen molar-refractivity contribution in [1.82, 2.24) is 0 Å². The van der Waals surface area contributed by atoms with E-state index < -0.39 is 14.1 Å². The minimum Gasteiger partial charge on any atom is -0.328 e. The Hall–Kier alpha value is -0.510. The molecular weight excluding hydrogens is 174 g/mol. The third-order valence-electron chi connectivity index (χ3n) is 0. The van der Waals surface area contributed by atoms with Gasteiger partial charge in [0.25, 0.3) is 14.1 Å². The molecule has 0 saturated carbocycles. The Bertz CT molecular complexity index is 153. The van der Waals surface area contributed by atoms with E-state index >= 15 is 0 Å². The average Bonchev–Trinajstić information content (AvgIpc) is 1.19. The second kappa shape index (κ2) is 4.38. The van der Waals surface area contributed by atoms with Crippen LogP contribution in [-0.2, 0) is 20.2 Å². The van der Waals surface area contributed by atoms with E-state index in [4.69, 9.17) is 28.6 Å². The van der Waals surface area contributed by atoms with Crippen molar-refractivity contribution in [2.24, 2.45) is 0 Å². The zero-order valence-corrected chi connectivity index (χ0v) is 5.46. The van der Waals surface area contributed by atoms with Gasteiger partial charge in [-0.2, -0.15) is 4.21 Å². The third kappa shape index (κ3) is 868. The summed E-state index contributed by atoms with van der Waals surface area (Å²) >= 11 is 3.47. The first-order chi connectivity index (χ1) is 3.73. The predicted molar refractivity (Wildman–Crippen MR) is 29.5 cm³/mol. The fraction of sp³-hybridized carbons (Fsp3) is 0. The Balaban J connectivity index is 0. The SMILES string of the molecule is O=S(O)(O)=S.O=[N+]([O-])O. The molecule has 0 bridgehead atoms. The molecule has 0 spiro atoms. The van der Waals surface area contributed by atoms with Crippen LogP contribution in [0.15, 0.2) is 0 Å². The first-order valence-electron chi connectivity index (χ1n) is 1.26. The van der Waals surface area contributed by atoms with E-state index in [0.717, 1.165) is 0 Å². The van der Waals surface area contributed by atoms with Crippen molar-refractivity contribution in [3.8, 4) is 0 Å². The van der Waals surface area contributed by atoms with Crippen LogP contribution in [0, 0.1) is 10.1 Å². The monoisotopic (exact) mass is 177 g/mol. The maximum absolute atomic E-state index is 9.11. The van der Waals surface area contributed by atoms with Gasteiger partial charge in [-0.15, -0.1) is 10.1 Å². The molecule has 0 aliphatic carbocycles. The zero-order valence-electron chi connectivity index (χ0n) is 3.83. The molecular formula is H3NO6S2. The molecule has 0 aliphatic heterocycles. The van der Waals surface area contributed by atoms with Crippen LogP contribution in [-0.4, -0.2) is 23.6 Å². The Kier molecular flexibility index (Phi) is 5.50. The summed E-state index contributed by atoms with van der Waals surface area (Å²) in [5.41, 5.74) is 0. The first-order valence-corrected chi connectivity index (χ1v) is 3.66. The largest absolute Gasteiger partial charge is 0.328 e. The highest BCUT2D eigenvalue weighted by Crippen LogP contribution is 1.62. The molecule has 0 radical (unpaired) electrons. The highest BCUT2D eigenvalue weighted by Gasteiger charge is 1.78. The molecule has 56 valence electrons. The molecule has 0 heterocycles. The fourth-order valence-electron chi connectivity index (χ4n) is 0. The van der Waals surface area contributed by atoms with Crippen LogP contribution in [0.1, 0.15) is 0 Å². The van der Waals surface area contributed by atoms with Crippen molar-refractivity contribution in [2.75, 3.05) is 0 Å².